The molecule has 0 aromatic heterocycles. The molecule has 0 unspecified atom stereocenters. The van der Waals surface area contributed by atoms with E-state index in [4.69, 9.17) is 5.26 Å². The van der Waals surface area contributed by atoms with Crippen molar-refractivity contribution in [2.45, 2.75) is 18.2 Å². The Morgan fingerprint density at radius 1 is 1.50 bits per heavy atom. The zero-order valence-electron chi connectivity index (χ0n) is 10.6. The van der Waals surface area contributed by atoms with Crippen molar-refractivity contribution in [2.24, 2.45) is 0 Å². The van der Waals surface area contributed by atoms with Gasteiger partial charge in [-0.05, 0) is 6.07 Å². The van der Waals surface area contributed by atoms with Crippen molar-refractivity contribution in [1.82, 2.24) is 4.31 Å². The van der Waals surface area contributed by atoms with Crippen molar-refractivity contribution >= 4 is 15.7 Å². The second kappa shape index (κ2) is 6.40. The van der Waals surface area contributed by atoms with Gasteiger partial charge in [-0.2, -0.15) is 9.57 Å². The number of rotatable bonds is 6. The van der Waals surface area contributed by atoms with Crippen LogP contribution in [0.3, 0.4) is 0 Å². The Morgan fingerprint density at radius 2 is 2.15 bits per heavy atom. The minimum absolute atomic E-state index is 0.0261. The molecule has 0 aliphatic carbocycles. The number of nitrogens with zero attached hydrogens (tertiary/aromatic N) is 3. The lowest BCUT2D eigenvalue weighted by Gasteiger charge is -2.19. The number of nitro groups is 1. The minimum atomic E-state index is -4.11. The normalized spacial score (nSPS) is 11.3. The molecular weight excluding hydrogens is 289 g/mol. The fourth-order valence-corrected chi connectivity index (χ4v) is 3.07. The average molecular weight is 301 g/mol. The zero-order chi connectivity index (χ0) is 15.3. The van der Waals surface area contributed by atoms with Crippen LogP contribution in [-0.2, 0) is 10.0 Å². The van der Waals surface area contributed by atoms with Crippen LogP contribution in [0.5, 0.6) is 0 Å². The molecule has 0 bridgehead atoms. The molecule has 0 spiro atoms. The molecule has 0 atom stereocenters. The van der Waals surface area contributed by atoms with E-state index in [0.29, 0.717) is 6.07 Å². The van der Waals surface area contributed by atoms with Crippen molar-refractivity contribution in [3.8, 4) is 6.07 Å². The van der Waals surface area contributed by atoms with Gasteiger partial charge in [-0.15, -0.1) is 0 Å². The van der Waals surface area contributed by atoms with Gasteiger partial charge in [0.1, 0.15) is 10.7 Å². The Balaban J connectivity index is 3.21. The number of nitro benzene ring substituents is 1. The third-order valence-corrected chi connectivity index (χ3v) is 4.58. The topological polar surface area (TPSA) is 104 Å². The number of hydrogen-bond acceptors (Lipinski definition) is 5. The first kappa shape index (κ1) is 16.0. The molecular formula is C11H12FN3O4S. The average Bonchev–Trinajstić information content (AvgIpc) is 2.38. The van der Waals surface area contributed by atoms with Crippen LogP contribution in [0.25, 0.3) is 0 Å². The van der Waals surface area contributed by atoms with E-state index in [-0.39, 0.29) is 19.5 Å². The van der Waals surface area contributed by atoms with E-state index in [9.17, 15) is 22.9 Å². The van der Waals surface area contributed by atoms with Gasteiger partial charge < -0.3 is 0 Å². The smallest absolute Gasteiger partial charge is 0.258 e. The molecule has 0 saturated carbocycles. The van der Waals surface area contributed by atoms with E-state index in [2.05, 4.69) is 0 Å². The van der Waals surface area contributed by atoms with Crippen molar-refractivity contribution in [2.75, 3.05) is 13.1 Å². The summed E-state index contributed by atoms with van der Waals surface area (Å²) >= 11 is 0. The highest BCUT2D eigenvalue weighted by molar-refractivity contribution is 7.89. The quantitative estimate of drug-likeness (QED) is 0.587. The molecule has 0 aliphatic heterocycles. The first-order chi connectivity index (χ1) is 9.34. The van der Waals surface area contributed by atoms with Crippen molar-refractivity contribution in [3.63, 3.8) is 0 Å². The fraction of sp³-hybridized carbons (Fsp3) is 0.364. The van der Waals surface area contributed by atoms with E-state index >= 15 is 0 Å². The van der Waals surface area contributed by atoms with Crippen LogP contribution in [0.15, 0.2) is 23.1 Å². The monoisotopic (exact) mass is 301 g/mol. The molecule has 0 saturated heterocycles. The molecule has 0 N–H and O–H groups in total. The molecule has 9 heteroatoms. The van der Waals surface area contributed by atoms with Crippen LogP contribution in [0, 0.1) is 27.3 Å². The van der Waals surface area contributed by atoms with Crippen molar-refractivity contribution in [1.29, 1.82) is 5.26 Å². The Morgan fingerprint density at radius 3 is 2.60 bits per heavy atom. The van der Waals surface area contributed by atoms with Gasteiger partial charge in [-0.25, -0.2) is 12.8 Å². The van der Waals surface area contributed by atoms with E-state index in [1.54, 1.807) is 13.0 Å². The van der Waals surface area contributed by atoms with E-state index < -0.39 is 31.3 Å². The summed E-state index contributed by atoms with van der Waals surface area (Å²) in [6.45, 7) is 1.56. The summed E-state index contributed by atoms with van der Waals surface area (Å²) in [4.78, 5) is 9.04. The van der Waals surface area contributed by atoms with Crippen LogP contribution in [-0.4, -0.2) is 30.7 Å². The number of non-ortho nitro benzene ring substituents is 1. The van der Waals surface area contributed by atoms with E-state index in [0.717, 1.165) is 16.4 Å². The van der Waals surface area contributed by atoms with Crippen molar-refractivity contribution < 1.29 is 17.7 Å². The fourth-order valence-electron chi connectivity index (χ4n) is 1.57. The highest BCUT2D eigenvalue weighted by atomic mass is 32.2. The molecule has 1 rings (SSSR count). The van der Waals surface area contributed by atoms with Gasteiger partial charge in [0, 0.05) is 25.6 Å². The largest absolute Gasteiger partial charge is 0.272 e. The minimum Gasteiger partial charge on any atom is -0.258 e. The zero-order valence-corrected chi connectivity index (χ0v) is 11.4. The maximum absolute atomic E-state index is 13.7. The van der Waals surface area contributed by atoms with Gasteiger partial charge in [-0.1, -0.05) is 6.92 Å². The third-order valence-electron chi connectivity index (χ3n) is 2.57. The number of hydrogen-bond donors (Lipinski definition) is 0. The second-order valence-electron chi connectivity index (χ2n) is 3.78. The lowest BCUT2D eigenvalue weighted by molar-refractivity contribution is -0.385. The van der Waals surface area contributed by atoms with Gasteiger partial charge in [0.25, 0.3) is 5.69 Å². The summed E-state index contributed by atoms with van der Waals surface area (Å²) in [6.07, 6.45) is -0.0261. The van der Waals surface area contributed by atoms with Gasteiger partial charge in [0.15, 0.2) is 0 Å². The highest BCUT2D eigenvalue weighted by Crippen LogP contribution is 2.23. The van der Waals surface area contributed by atoms with Crippen LogP contribution < -0.4 is 0 Å². The molecule has 0 radical (unpaired) electrons. The van der Waals surface area contributed by atoms with E-state index in [1.165, 1.54) is 0 Å². The number of nitriles is 1. The third kappa shape index (κ3) is 3.28. The molecule has 7 nitrogen and oxygen atoms in total. The van der Waals surface area contributed by atoms with Crippen LogP contribution in [0.1, 0.15) is 13.3 Å². The molecule has 0 fully saturated rings. The Bertz CT molecular complexity index is 654. The Kier molecular flexibility index (Phi) is 5.12. The summed E-state index contributed by atoms with van der Waals surface area (Å²) in [5.74, 6) is -1.19. The molecule has 0 amide bonds. The van der Waals surface area contributed by atoms with E-state index in [1.807, 2.05) is 0 Å². The maximum atomic E-state index is 13.7. The predicted octanol–water partition coefficient (Wildman–Crippen LogP) is 1.66. The SMILES string of the molecule is CCN(CCC#N)S(=O)(=O)c1ccc([N+](=O)[O-])cc1F. The number of benzene rings is 1. The molecule has 20 heavy (non-hydrogen) atoms. The van der Waals surface area contributed by atoms with Gasteiger partial charge in [0.05, 0.1) is 17.1 Å². The summed E-state index contributed by atoms with van der Waals surface area (Å²) in [7, 11) is -4.11. The number of sulfonamides is 1. The summed E-state index contributed by atoms with van der Waals surface area (Å²) in [5, 5.41) is 19.0. The number of halogens is 1. The molecule has 1 aromatic carbocycles. The van der Waals surface area contributed by atoms with Gasteiger partial charge in [-0.3, -0.25) is 10.1 Å². The Labute approximate surface area is 115 Å². The van der Waals surface area contributed by atoms with Crippen LogP contribution in [0.4, 0.5) is 10.1 Å². The molecule has 1 aromatic rings. The predicted molar refractivity (Wildman–Crippen MR) is 67.7 cm³/mol. The first-order valence-electron chi connectivity index (χ1n) is 5.65. The maximum Gasteiger partial charge on any atom is 0.272 e. The molecule has 0 aliphatic rings. The van der Waals surface area contributed by atoms with Crippen LogP contribution >= 0.6 is 0 Å². The summed E-state index contributed by atoms with van der Waals surface area (Å²) in [5.41, 5.74) is -0.526. The summed E-state index contributed by atoms with van der Waals surface area (Å²) in [6, 6.07) is 4.15. The highest BCUT2D eigenvalue weighted by Gasteiger charge is 2.27. The summed E-state index contributed by atoms with van der Waals surface area (Å²) < 4.78 is 39.1. The van der Waals surface area contributed by atoms with Crippen molar-refractivity contribution in [3.05, 3.63) is 34.1 Å². The van der Waals surface area contributed by atoms with Crippen LogP contribution in [0.2, 0.25) is 0 Å². The first-order valence-corrected chi connectivity index (χ1v) is 7.09. The molecule has 108 valence electrons. The van der Waals surface area contributed by atoms with Gasteiger partial charge in [0.2, 0.25) is 10.0 Å². The lowest BCUT2D eigenvalue weighted by atomic mass is 10.3. The Hall–Kier alpha value is -2.05. The lowest BCUT2D eigenvalue weighted by Crippen LogP contribution is -2.32. The van der Waals surface area contributed by atoms with Gasteiger partial charge >= 0.3 is 0 Å². The molecule has 0 heterocycles. The second-order valence-corrected chi connectivity index (χ2v) is 5.68. The standard InChI is InChI=1S/C11H12FN3O4S/c1-2-14(7-3-6-13)20(18,19)11-5-4-9(15(16)17)8-10(11)12/h4-5,8H,2-3,7H2,1H3.